The van der Waals surface area contributed by atoms with E-state index in [0.29, 0.717) is 0 Å². The molecule has 0 aliphatic heterocycles. The lowest BCUT2D eigenvalue weighted by atomic mass is 10.5. The summed E-state index contributed by atoms with van der Waals surface area (Å²) >= 11 is 6.07. The Kier molecular flexibility index (Phi) is 4.47. The van der Waals surface area contributed by atoms with Crippen molar-refractivity contribution in [3.63, 3.8) is 0 Å². The van der Waals surface area contributed by atoms with Gasteiger partial charge in [0.25, 0.3) is 0 Å². The highest BCUT2D eigenvalue weighted by Crippen LogP contribution is 2.26. The van der Waals surface area contributed by atoms with Crippen LogP contribution in [0, 0.1) is 0 Å². The summed E-state index contributed by atoms with van der Waals surface area (Å²) in [5.74, 6) is -0.443. The second-order valence-electron chi connectivity index (χ2n) is 1.75. The van der Waals surface area contributed by atoms with Crippen molar-refractivity contribution in [3.05, 3.63) is 0 Å². The quantitative estimate of drug-likeness (QED) is 0.618. The van der Waals surface area contributed by atoms with E-state index in [1.165, 1.54) is 0 Å². The number of hydrogen-bond donors (Lipinski definition) is 1. The van der Waals surface area contributed by atoms with Crippen molar-refractivity contribution in [3.8, 4) is 0 Å². The van der Waals surface area contributed by atoms with E-state index in [0.717, 1.165) is 0 Å². The molecule has 0 aromatic rings. The molecule has 0 saturated carbocycles. The van der Waals surface area contributed by atoms with Crippen molar-refractivity contribution in [1.82, 2.24) is 0 Å². The molecule has 3 nitrogen and oxygen atoms in total. The maximum absolute atomic E-state index is 10.8. The van der Waals surface area contributed by atoms with Crippen LogP contribution in [0.1, 0.15) is 6.92 Å². The van der Waals surface area contributed by atoms with Gasteiger partial charge < -0.3 is 9.84 Å². The summed E-state index contributed by atoms with van der Waals surface area (Å²) in [5, 5.41) is 8.27. The van der Waals surface area contributed by atoms with E-state index in [9.17, 15) is 4.79 Å². The zero-order chi connectivity index (χ0) is 8.20. The highest BCUT2D eigenvalue weighted by molar-refractivity contribution is 9.25. The minimum Gasteiger partial charge on any atom is -0.462 e. The number of carbonyl (C=O) groups is 1. The lowest BCUT2D eigenvalue weighted by Gasteiger charge is -2.11. The molecule has 0 unspecified atom stereocenters. The smallest absolute Gasteiger partial charge is 0.333 e. The molecule has 60 valence electrons. The first-order valence-electron chi connectivity index (χ1n) is 2.64. The van der Waals surface area contributed by atoms with Gasteiger partial charge >= 0.3 is 5.97 Å². The molecule has 0 radical (unpaired) electrons. The summed E-state index contributed by atoms with van der Waals surface area (Å²) in [4.78, 5) is 10.8. The number of ether oxygens (including phenoxy) is 1. The maximum Gasteiger partial charge on any atom is 0.333 e. The number of esters is 1. The highest BCUT2D eigenvalue weighted by atomic mass is 79.9. The van der Waals surface area contributed by atoms with Crippen LogP contribution in [0.4, 0.5) is 0 Å². The fraction of sp³-hybridized carbons (Fsp3) is 0.800. The molecule has 0 spiro atoms. The van der Waals surface area contributed by atoms with Crippen molar-refractivity contribution >= 4 is 37.8 Å². The van der Waals surface area contributed by atoms with Crippen LogP contribution < -0.4 is 0 Å². The first kappa shape index (κ1) is 10.4. The first-order valence-corrected chi connectivity index (χ1v) is 4.23. The zero-order valence-electron chi connectivity index (χ0n) is 5.43. The van der Waals surface area contributed by atoms with Crippen LogP contribution in [0.25, 0.3) is 0 Å². The summed E-state index contributed by atoms with van der Waals surface area (Å²) < 4.78 is 3.73. The van der Waals surface area contributed by atoms with Gasteiger partial charge in [-0.1, -0.05) is 31.9 Å². The summed E-state index contributed by atoms with van der Waals surface area (Å²) in [7, 11) is 0. The van der Waals surface area contributed by atoms with E-state index < -0.39 is 9.20 Å². The predicted octanol–water partition coefficient (Wildman–Crippen LogP) is 1.03. The predicted molar refractivity (Wildman–Crippen MR) is 44.3 cm³/mol. The van der Waals surface area contributed by atoms with Gasteiger partial charge in [-0.25, -0.2) is 4.79 Å². The van der Waals surface area contributed by atoms with Crippen molar-refractivity contribution < 1.29 is 14.6 Å². The van der Waals surface area contributed by atoms with Gasteiger partial charge in [-0.2, -0.15) is 0 Å². The third kappa shape index (κ3) is 4.24. The topological polar surface area (TPSA) is 46.5 Å². The molecular weight excluding hydrogens is 268 g/mol. The molecule has 0 amide bonds. The Morgan fingerprint density at radius 1 is 1.70 bits per heavy atom. The van der Waals surface area contributed by atoms with E-state index in [2.05, 4.69) is 36.6 Å². The lowest BCUT2D eigenvalue weighted by molar-refractivity contribution is -0.144. The van der Waals surface area contributed by atoms with Gasteiger partial charge in [0.1, 0.15) is 6.61 Å². The molecule has 0 saturated heterocycles. The van der Waals surface area contributed by atoms with Crippen molar-refractivity contribution in [1.29, 1.82) is 0 Å². The van der Waals surface area contributed by atoms with Gasteiger partial charge in [0.05, 0.1) is 6.61 Å². The van der Waals surface area contributed by atoms with Crippen molar-refractivity contribution in [2.45, 2.75) is 10.2 Å². The van der Waals surface area contributed by atoms with Gasteiger partial charge in [0, 0.05) is 0 Å². The van der Waals surface area contributed by atoms with Gasteiger partial charge in [0.15, 0.2) is 3.23 Å². The maximum atomic E-state index is 10.8. The third-order valence-electron chi connectivity index (χ3n) is 0.683. The van der Waals surface area contributed by atoms with E-state index in [4.69, 9.17) is 5.11 Å². The Labute approximate surface area is 76.0 Å². The van der Waals surface area contributed by atoms with Crippen LogP contribution in [-0.4, -0.2) is 27.5 Å². The fourth-order valence-corrected chi connectivity index (χ4v) is 0.494. The molecule has 0 aliphatic rings. The van der Waals surface area contributed by atoms with E-state index >= 15 is 0 Å². The number of aliphatic hydroxyl groups excluding tert-OH is 1. The average Bonchev–Trinajstić information content (AvgIpc) is 1.80. The monoisotopic (exact) mass is 274 g/mol. The molecule has 0 heterocycles. The molecule has 0 bridgehead atoms. The number of aliphatic hydroxyl groups is 1. The number of halogens is 2. The van der Waals surface area contributed by atoms with Gasteiger partial charge in [0.2, 0.25) is 0 Å². The van der Waals surface area contributed by atoms with Gasteiger partial charge in [-0.15, -0.1) is 0 Å². The SMILES string of the molecule is CC(Br)(Br)C(=O)OCCO. The highest BCUT2D eigenvalue weighted by Gasteiger charge is 2.27. The molecule has 10 heavy (non-hydrogen) atoms. The van der Waals surface area contributed by atoms with Gasteiger partial charge in [-0.05, 0) is 6.92 Å². The van der Waals surface area contributed by atoms with E-state index in [-0.39, 0.29) is 13.2 Å². The summed E-state index contributed by atoms with van der Waals surface area (Å²) in [6, 6.07) is 0. The molecule has 1 N–H and O–H groups in total. The fourth-order valence-electron chi connectivity index (χ4n) is 0.265. The summed E-state index contributed by atoms with van der Waals surface area (Å²) in [6.45, 7) is 1.49. The molecule has 0 atom stereocenters. The first-order chi connectivity index (χ1) is 4.48. The second-order valence-corrected chi connectivity index (χ2v) is 5.98. The largest absolute Gasteiger partial charge is 0.462 e. The normalized spacial score (nSPS) is 11.2. The van der Waals surface area contributed by atoms with Crippen molar-refractivity contribution in [2.24, 2.45) is 0 Å². The lowest BCUT2D eigenvalue weighted by Crippen LogP contribution is -2.24. The van der Waals surface area contributed by atoms with Crippen molar-refractivity contribution in [2.75, 3.05) is 13.2 Å². The molecule has 0 aliphatic carbocycles. The molecular formula is C5H8Br2O3. The van der Waals surface area contributed by atoms with E-state index in [1.54, 1.807) is 6.92 Å². The van der Waals surface area contributed by atoms with E-state index in [1.807, 2.05) is 0 Å². The molecule has 5 heteroatoms. The Balaban J connectivity index is 3.64. The Morgan fingerprint density at radius 3 is 2.50 bits per heavy atom. The second kappa shape index (κ2) is 4.31. The number of hydrogen-bond acceptors (Lipinski definition) is 3. The molecule has 0 aromatic carbocycles. The Morgan fingerprint density at radius 2 is 2.20 bits per heavy atom. The Hall–Kier alpha value is 0.390. The number of alkyl halides is 2. The third-order valence-corrected chi connectivity index (χ3v) is 1.33. The number of rotatable bonds is 3. The van der Waals surface area contributed by atoms with Crippen LogP contribution >= 0.6 is 31.9 Å². The molecule has 0 aromatic heterocycles. The zero-order valence-corrected chi connectivity index (χ0v) is 8.61. The minimum absolute atomic E-state index is 0.0334. The van der Waals surface area contributed by atoms with Crippen LogP contribution in [0.15, 0.2) is 0 Å². The van der Waals surface area contributed by atoms with Crippen LogP contribution in [-0.2, 0) is 9.53 Å². The van der Waals surface area contributed by atoms with Gasteiger partial charge in [-0.3, -0.25) is 0 Å². The summed E-state index contributed by atoms with van der Waals surface area (Å²) in [6.07, 6.45) is 0. The van der Waals surface area contributed by atoms with Crippen LogP contribution in [0.5, 0.6) is 0 Å². The Bertz CT molecular complexity index is 119. The van der Waals surface area contributed by atoms with Crippen LogP contribution in [0.3, 0.4) is 0 Å². The minimum atomic E-state index is -0.838. The standard InChI is InChI=1S/C5H8Br2O3/c1-5(6,7)4(9)10-3-2-8/h8H,2-3H2,1H3. The summed E-state index contributed by atoms with van der Waals surface area (Å²) in [5.41, 5.74) is 0. The van der Waals surface area contributed by atoms with Crippen LogP contribution in [0.2, 0.25) is 0 Å². The molecule has 0 fully saturated rings. The molecule has 0 rings (SSSR count). The average molecular weight is 276 g/mol. The number of carbonyl (C=O) groups excluding carboxylic acids is 1.